The molecule has 0 aliphatic heterocycles. The predicted molar refractivity (Wildman–Crippen MR) is 93.3 cm³/mol. The summed E-state index contributed by atoms with van der Waals surface area (Å²) in [6.07, 6.45) is 10.4. The van der Waals surface area contributed by atoms with Crippen LogP contribution in [0.1, 0.15) is 58.8 Å². The minimum Gasteiger partial charge on any atom is -0.392 e. The molecule has 4 aliphatic rings. The average molecular weight is 330 g/mol. The Morgan fingerprint density at radius 3 is 2.75 bits per heavy atom. The van der Waals surface area contributed by atoms with E-state index in [1.54, 1.807) is 0 Å². The number of fused-ring (bicyclic) bond motifs is 5. The van der Waals surface area contributed by atoms with Crippen LogP contribution in [0.5, 0.6) is 0 Å². The third-order valence-electron chi connectivity index (χ3n) is 8.25. The van der Waals surface area contributed by atoms with Crippen LogP contribution in [0.15, 0.2) is 23.3 Å². The fourth-order valence-electron chi connectivity index (χ4n) is 6.90. The van der Waals surface area contributed by atoms with Gasteiger partial charge >= 0.3 is 0 Å². The highest BCUT2D eigenvalue weighted by molar-refractivity contribution is 5.92. The first-order valence-corrected chi connectivity index (χ1v) is 9.63. The molecule has 2 N–H and O–H groups in total. The van der Waals surface area contributed by atoms with Gasteiger partial charge in [0.2, 0.25) is 0 Å². The van der Waals surface area contributed by atoms with Crippen LogP contribution in [0.4, 0.5) is 0 Å². The fraction of sp³-hybridized carbons (Fsp3) is 0.762. The fourth-order valence-corrected chi connectivity index (χ4v) is 6.90. The van der Waals surface area contributed by atoms with E-state index in [-0.39, 0.29) is 23.2 Å². The maximum absolute atomic E-state index is 11.9. The lowest BCUT2D eigenvalue weighted by Gasteiger charge is -2.58. The molecule has 24 heavy (non-hydrogen) atoms. The van der Waals surface area contributed by atoms with E-state index in [9.17, 15) is 15.0 Å². The maximum Gasteiger partial charge on any atom is 0.158 e. The lowest BCUT2D eigenvalue weighted by atomic mass is 9.46. The van der Waals surface area contributed by atoms with Gasteiger partial charge in [-0.25, -0.2) is 0 Å². The quantitative estimate of drug-likeness (QED) is 0.725. The molecule has 132 valence electrons. The lowest BCUT2D eigenvalue weighted by Crippen LogP contribution is -2.54. The molecule has 6 atom stereocenters. The first-order valence-electron chi connectivity index (χ1n) is 9.63. The Labute approximate surface area is 144 Å². The van der Waals surface area contributed by atoms with Crippen LogP contribution in [-0.2, 0) is 4.79 Å². The van der Waals surface area contributed by atoms with Gasteiger partial charge < -0.3 is 10.2 Å². The monoisotopic (exact) mass is 330 g/mol. The molecular formula is C21H30O3. The second-order valence-corrected chi connectivity index (χ2v) is 8.96. The first-order chi connectivity index (χ1) is 11.4. The van der Waals surface area contributed by atoms with E-state index in [0.29, 0.717) is 24.2 Å². The largest absolute Gasteiger partial charge is 0.392 e. The molecule has 0 spiro atoms. The van der Waals surface area contributed by atoms with Crippen molar-refractivity contribution in [1.82, 2.24) is 0 Å². The Hall–Kier alpha value is -0.930. The van der Waals surface area contributed by atoms with E-state index in [4.69, 9.17) is 0 Å². The zero-order valence-corrected chi connectivity index (χ0v) is 14.9. The summed E-state index contributed by atoms with van der Waals surface area (Å²) >= 11 is 0. The van der Waals surface area contributed by atoms with E-state index >= 15 is 0 Å². The molecule has 0 aromatic heterocycles. The number of aliphatic hydroxyl groups is 2. The number of aliphatic hydroxyl groups excluding tert-OH is 2. The van der Waals surface area contributed by atoms with Gasteiger partial charge in [-0.3, -0.25) is 4.79 Å². The van der Waals surface area contributed by atoms with Crippen molar-refractivity contribution in [2.75, 3.05) is 6.61 Å². The topological polar surface area (TPSA) is 57.5 Å². The number of hydrogen-bond donors (Lipinski definition) is 2. The van der Waals surface area contributed by atoms with Gasteiger partial charge in [-0.1, -0.05) is 31.1 Å². The summed E-state index contributed by atoms with van der Waals surface area (Å²) in [5.74, 6) is 1.89. The highest BCUT2D eigenvalue weighted by Gasteiger charge is 2.59. The van der Waals surface area contributed by atoms with Crippen molar-refractivity contribution < 1.29 is 15.0 Å². The third-order valence-corrected chi connectivity index (χ3v) is 8.25. The minimum absolute atomic E-state index is 0.100. The molecule has 0 aromatic rings. The van der Waals surface area contributed by atoms with E-state index in [1.807, 2.05) is 12.2 Å². The molecule has 0 bridgehead atoms. The van der Waals surface area contributed by atoms with Gasteiger partial charge in [0.15, 0.2) is 5.78 Å². The van der Waals surface area contributed by atoms with Gasteiger partial charge in [-0.15, -0.1) is 0 Å². The normalized spacial score (nSPS) is 49.4. The van der Waals surface area contributed by atoms with Crippen molar-refractivity contribution >= 4 is 5.78 Å². The van der Waals surface area contributed by atoms with Crippen molar-refractivity contribution in [3.05, 3.63) is 23.3 Å². The minimum atomic E-state index is -0.518. The number of ketones is 1. The summed E-state index contributed by atoms with van der Waals surface area (Å²) in [4.78, 5) is 11.9. The highest BCUT2D eigenvalue weighted by Crippen LogP contribution is 2.66. The van der Waals surface area contributed by atoms with E-state index in [1.165, 1.54) is 17.6 Å². The van der Waals surface area contributed by atoms with Crippen LogP contribution in [0.2, 0.25) is 0 Å². The molecule has 4 aliphatic carbocycles. The van der Waals surface area contributed by atoms with E-state index < -0.39 is 6.10 Å². The van der Waals surface area contributed by atoms with Crippen LogP contribution in [-0.4, -0.2) is 28.7 Å². The molecule has 0 amide bonds. The summed E-state index contributed by atoms with van der Waals surface area (Å²) < 4.78 is 0. The molecule has 3 nitrogen and oxygen atoms in total. The van der Waals surface area contributed by atoms with Gasteiger partial charge in [0.1, 0.15) is 0 Å². The van der Waals surface area contributed by atoms with Crippen molar-refractivity contribution in [2.24, 2.45) is 28.6 Å². The standard InChI is InChI=1S/C21H30O3/c1-20-9-7-18-16(17(20)6-4-13(20)8-10-22)5-3-14-11-15(23)12-19(24)21(14,18)2/h8,11,16-19,22,24H,3-7,9-10,12H2,1-2H3/b13-8+/t16-,17-,18-,19+,20+,21-/m0/s1. The third kappa shape index (κ3) is 2.07. The molecule has 3 fully saturated rings. The Morgan fingerprint density at radius 1 is 1.21 bits per heavy atom. The summed E-state index contributed by atoms with van der Waals surface area (Å²) in [6.45, 7) is 4.77. The Morgan fingerprint density at radius 2 is 2.00 bits per heavy atom. The van der Waals surface area contributed by atoms with E-state index in [0.717, 1.165) is 32.1 Å². The molecule has 3 heteroatoms. The Bertz CT molecular complexity index is 619. The van der Waals surface area contributed by atoms with Gasteiger partial charge in [0.05, 0.1) is 12.7 Å². The molecule has 0 aromatic carbocycles. The van der Waals surface area contributed by atoms with Crippen LogP contribution in [0.25, 0.3) is 0 Å². The predicted octanol–water partition coefficient (Wildman–Crippen LogP) is 3.41. The van der Waals surface area contributed by atoms with Crippen molar-refractivity contribution in [2.45, 2.75) is 64.9 Å². The van der Waals surface area contributed by atoms with Crippen molar-refractivity contribution in [3.8, 4) is 0 Å². The number of hydrogen-bond acceptors (Lipinski definition) is 3. The molecular weight excluding hydrogens is 300 g/mol. The average Bonchev–Trinajstić information content (AvgIpc) is 2.86. The zero-order chi connectivity index (χ0) is 17.1. The lowest BCUT2D eigenvalue weighted by molar-refractivity contribution is -0.125. The Balaban J connectivity index is 1.70. The molecule has 3 saturated carbocycles. The maximum atomic E-state index is 11.9. The smallest absolute Gasteiger partial charge is 0.158 e. The van der Waals surface area contributed by atoms with Crippen LogP contribution in [0, 0.1) is 28.6 Å². The molecule has 4 rings (SSSR count). The Kier molecular flexibility index (Phi) is 3.81. The summed E-state index contributed by atoms with van der Waals surface area (Å²) in [6, 6.07) is 0. The molecule has 0 radical (unpaired) electrons. The van der Waals surface area contributed by atoms with Gasteiger partial charge in [-0.05, 0) is 67.8 Å². The van der Waals surface area contributed by atoms with E-state index in [2.05, 4.69) is 13.8 Å². The summed E-state index contributed by atoms with van der Waals surface area (Å²) in [5, 5.41) is 20.2. The van der Waals surface area contributed by atoms with Crippen LogP contribution < -0.4 is 0 Å². The second-order valence-electron chi connectivity index (χ2n) is 8.96. The molecule has 0 unspecified atom stereocenters. The van der Waals surface area contributed by atoms with Gasteiger partial charge in [0, 0.05) is 11.8 Å². The summed E-state index contributed by atoms with van der Waals surface area (Å²) in [5.41, 5.74) is 2.69. The van der Waals surface area contributed by atoms with Crippen molar-refractivity contribution in [3.63, 3.8) is 0 Å². The van der Waals surface area contributed by atoms with Crippen molar-refractivity contribution in [1.29, 1.82) is 0 Å². The van der Waals surface area contributed by atoms with Gasteiger partial charge in [0.25, 0.3) is 0 Å². The number of rotatable bonds is 1. The molecule has 0 heterocycles. The molecule has 0 saturated heterocycles. The van der Waals surface area contributed by atoms with Crippen LogP contribution in [0.3, 0.4) is 0 Å². The number of allylic oxidation sites excluding steroid dienone is 1. The number of carbonyl (C=O) groups excluding carboxylic acids is 1. The summed E-state index contributed by atoms with van der Waals surface area (Å²) in [7, 11) is 0. The highest BCUT2D eigenvalue weighted by atomic mass is 16.3. The van der Waals surface area contributed by atoms with Crippen LogP contribution >= 0.6 is 0 Å². The van der Waals surface area contributed by atoms with Gasteiger partial charge in [-0.2, -0.15) is 0 Å². The number of carbonyl (C=O) groups is 1. The second kappa shape index (κ2) is 5.54. The SMILES string of the molecule is C[C@@]12C(=CC(=O)C[C@H]1O)CC[C@@H]1[C@@H]2CC[C@]2(C)/C(=C/CO)CC[C@@H]12. The first kappa shape index (κ1) is 16.5. The zero-order valence-electron chi connectivity index (χ0n) is 14.9.